The van der Waals surface area contributed by atoms with Gasteiger partial charge in [0.1, 0.15) is 11.6 Å². The van der Waals surface area contributed by atoms with Gasteiger partial charge in [0.05, 0.1) is 16.8 Å². The third-order valence-corrected chi connectivity index (χ3v) is 5.36. The molecule has 3 rings (SSSR count). The quantitative estimate of drug-likeness (QED) is 0.559. The Bertz CT molecular complexity index is 1220. The maximum Gasteiger partial charge on any atom is 0.271 e. The Balaban J connectivity index is 2.06. The molecule has 1 N–H and O–H groups in total. The first-order valence-corrected chi connectivity index (χ1v) is 10.1. The minimum atomic E-state index is -0.594. The van der Waals surface area contributed by atoms with Crippen molar-refractivity contribution >= 4 is 23.2 Å². The van der Waals surface area contributed by atoms with E-state index < -0.39 is 5.56 Å². The first kappa shape index (κ1) is 21.9. The molecule has 0 fully saturated rings. The Labute approximate surface area is 179 Å². The van der Waals surface area contributed by atoms with Gasteiger partial charge in [0.25, 0.3) is 17.4 Å². The number of carbonyl (C=O) groups excluding carboxylic acids is 2. The molecular weight excluding hydrogens is 398 g/mol. The number of unbranched alkanes of at least 4 members (excludes halogenated alkanes) is 1. The summed E-state index contributed by atoms with van der Waals surface area (Å²) in [5.41, 5.74) is 1.08. The molecule has 0 radical (unpaired) electrons. The monoisotopic (exact) mass is 421 g/mol. The van der Waals surface area contributed by atoms with E-state index >= 15 is 0 Å². The maximum atomic E-state index is 12.7. The first-order chi connectivity index (χ1) is 14.8. The second kappa shape index (κ2) is 8.52. The summed E-state index contributed by atoms with van der Waals surface area (Å²) in [6, 6.07) is 4.96. The summed E-state index contributed by atoms with van der Waals surface area (Å²) < 4.78 is 1.04. The van der Waals surface area contributed by atoms with E-state index in [0.717, 1.165) is 17.4 Å². The van der Waals surface area contributed by atoms with Crippen LogP contribution < -0.4 is 5.56 Å². The lowest BCUT2D eigenvalue weighted by Crippen LogP contribution is -2.30. The third kappa shape index (κ3) is 3.61. The highest BCUT2D eigenvalue weighted by Crippen LogP contribution is 2.35. The Morgan fingerprint density at radius 2 is 1.71 bits per heavy atom. The van der Waals surface area contributed by atoms with Crippen molar-refractivity contribution in [2.24, 2.45) is 10.2 Å². The van der Waals surface area contributed by atoms with E-state index in [9.17, 15) is 24.8 Å². The zero-order valence-electron chi connectivity index (χ0n) is 17.9. The van der Waals surface area contributed by atoms with E-state index in [0.29, 0.717) is 23.4 Å². The Morgan fingerprint density at radius 3 is 2.29 bits per heavy atom. The van der Waals surface area contributed by atoms with Crippen molar-refractivity contribution in [2.45, 2.75) is 47.1 Å². The summed E-state index contributed by atoms with van der Waals surface area (Å²) in [5, 5.41) is 28.0. The Morgan fingerprint density at radius 1 is 1.06 bits per heavy atom. The lowest BCUT2D eigenvalue weighted by molar-refractivity contribution is 0.0652. The number of nitriles is 1. The number of nitrogens with zero attached hydrogens (tertiary/aromatic N) is 5. The number of aromatic nitrogens is 1. The van der Waals surface area contributed by atoms with Gasteiger partial charge in [-0.2, -0.15) is 10.4 Å². The standard InChI is InChI=1S/C22H23N5O4/c1-5-7-8-27-19(28)14-9-12(3)17(10-15(14)20(27)29)24-25-18-13(4)16(11-23)21(30)26(6-2)22(18)31/h9-10,31H,5-8H2,1-4H3. The summed E-state index contributed by atoms with van der Waals surface area (Å²) in [6.45, 7) is 7.41. The number of rotatable bonds is 6. The molecule has 1 aromatic heterocycles. The van der Waals surface area contributed by atoms with Gasteiger partial charge in [0.15, 0.2) is 5.69 Å². The summed E-state index contributed by atoms with van der Waals surface area (Å²) in [6.07, 6.45) is 1.59. The van der Waals surface area contributed by atoms with Crippen LogP contribution >= 0.6 is 0 Å². The molecule has 1 aliphatic heterocycles. The molecule has 31 heavy (non-hydrogen) atoms. The van der Waals surface area contributed by atoms with Gasteiger partial charge in [-0.05, 0) is 44.9 Å². The highest BCUT2D eigenvalue weighted by Gasteiger charge is 2.35. The fourth-order valence-corrected chi connectivity index (χ4v) is 3.51. The molecule has 0 atom stereocenters. The van der Waals surface area contributed by atoms with Gasteiger partial charge in [0.2, 0.25) is 5.88 Å². The first-order valence-electron chi connectivity index (χ1n) is 10.1. The number of carbonyl (C=O) groups is 2. The molecule has 0 saturated carbocycles. The number of pyridine rings is 1. The molecule has 2 aromatic rings. The molecule has 1 aliphatic rings. The molecule has 2 amide bonds. The molecule has 0 unspecified atom stereocenters. The third-order valence-electron chi connectivity index (χ3n) is 5.36. The van der Waals surface area contributed by atoms with Gasteiger partial charge in [-0.15, -0.1) is 5.11 Å². The van der Waals surface area contributed by atoms with E-state index in [-0.39, 0.29) is 46.6 Å². The number of amides is 2. The zero-order chi connectivity index (χ0) is 22.9. The highest BCUT2D eigenvalue weighted by atomic mass is 16.3. The van der Waals surface area contributed by atoms with E-state index in [4.69, 9.17) is 0 Å². The molecular formula is C22H23N5O4. The average molecular weight is 421 g/mol. The van der Waals surface area contributed by atoms with Crippen LogP contribution in [0.5, 0.6) is 5.88 Å². The van der Waals surface area contributed by atoms with Gasteiger partial charge < -0.3 is 5.11 Å². The van der Waals surface area contributed by atoms with E-state index in [2.05, 4.69) is 10.2 Å². The van der Waals surface area contributed by atoms with Crippen LogP contribution in [0.4, 0.5) is 11.4 Å². The van der Waals surface area contributed by atoms with Crippen molar-refractivity contribution in [3.63, 3.8) is 0 Å². The maximum absolute atomic E-state index is 12.7. The van der Waals surface area contributed by atoms with Crippen molar-refractivity contribution in [1.29, 1.82) is 5.26 Å². The van der Waals surface area contributed by atoms with E-state index in [1.54, 1.807) is 19.9 Å². The van der Waals surface area contributed by atoms with E-state index in [1.165, 1.54) is 17.9 Å². The number of imide groups is 1. The molecule has 2 heterocycles. The molecule has 0 bridgehead atoms. The second-order valence-electron chi connectivity index (χ2n) is 7.33. The number of fused-ring (bicyclic) bond motifs is 1. The van der Waals surface area contributed by atoms with E-state index in [1.807, 2.05) is 13.0 Å². The summed E-state index contributed by atoms with van der Waals surface area (Å²) in [7, 11) is 0. The number of benzene rings is 1. The molecule has 0 aliphatic carbocycles. The predicted molar refractivity (Wildman–Crippen MR) is 113 cm³/mol. The van der Waals surface area contributed by atoms with Crippen LogP contribution in [0.15, 0.2) is 27.2 Å². The van der Waals surface area contributed by atoms with Crippen LogP contribution in [0.3, 0.4) is 0 Å². The topological polar surface area (TPSA) is 128 Å². The number of azo groups is 1. The summed E-state index contributed by atoms with van der Waals surface area (Å²) in [4.78, 5) is 38.8. The predicted octanol–water partition coefficient (Wildman–Crippen LogP) is 3.87. The van der Waals surface area contributed by atoms with Crippen molar-refractivity contribution in [3.05, 3.63) is 50.3 Å². The van der Waals surface area contributed by atoms with Crippen LogP contribution in [0.25, 0.3) is 0 Å². The summed E-state index contributed by atoms with van der Waals surface area (Å²) >= 11 is 0. The molecule has 1 aromatic carbocycles. The lowest BCUT2D eigenvalue weighted by atomic mass is 10.0. The fraction of sp³-hybridized carbons (Fsp3) is 0.364. The van der Waals surface area contributed by atoms with Gasteiger partial charge in [-0.1, -0.05) is 13.3 Å². The number of aromatic hydroxyl groups is 1. The molecule has 9 nitrogen and oxygen atoms in total. The number of aryl methyl sites for hydroxylation is 1. The van der Waals surface area contributed by atoms with Crippen LogP contribution in [0.2, 0.25) is 0 Å². The van der Waals surface area contributed by atoms with Crippen LogP contribution in [-0.4, -0.2) is 32.9 Å². The van der Waals surface area contributed by atoms with Gasteiger partial charge >= 0.3 is 0 Å². The minimum absolute atomic E-state index is 0.00451. The molecule has 0 saturated heterocycles. The fourth-order valence-electron chi connectivity index (χ4n) is 3.51. The normalized spacial score (nSPS) is 13.2. The number of hydrogen-bond donors (Lipinski definition) is 1. The van der Waals surface area contributed by atoms with Crippen molar-refractivity contribution < 1.29 is 14.7 Å². The van der Waals surface area contributed by atoms with Gasteiger partial charge in [-0.25, -0.2) is 0 Å². The van der Waals surface area contributed by atoms with Crippen molar-refractivity contribution in [2.75, 3.05) is 6.54 Å². The Kier molecular flexibility index (Phi) is 6.02. The van der Waals surface area contributed by atoms with Gasteiger partial charge in [-0.3, -0.25) is 23.9 Å². The zero-order valence-corrected chi connectivity index (χ0v) is 17.9. The minimum Gasteiger partial charge on any atom is -0.493 e. The van der Waals surface area contributed by atoms with Gasteiger partial charge in [0, 0.05) is 18.7 Å². The molecule has 160 valence electrons. The molecule has 9 heteroatoms. The SMILES string of the molecule is CCCCN1C(=O)c2cc(C)c(N=Nc3c(C)c(C#N)c(=O)n(CC)c3O)cc2C1=O. The summed E-state index contributed by atoms with van der Waals surface area (Å²) in [5.74, 6) is -1.07. The van der Waals surface area contributed by atoms with Crippen LogP contribution in [0.1, 0.15) is 64.1 Å². The Hall–Kier alpha value is -3.80. The number of hydrogen-bond acceptors (Lipinski definition) is 7. The van der Waals surface area contributed by atoms with Crippen LogP contribution in [0, 0.1) is 25.2 Å². The van der Waals surface area contributed by atoms with Crippen LogP contribution in [-0.2, 0) is 6.54 Å². The van der Waals surface area contributed by atoms with Crippen molar-refractivity contribution in [1.82, 2.24) is 9.47 Å². The molecule has 0 spiro atoms. The van der Waals surface area contributed by atoms with Crippen molar-refractivity contribution in [3.8, 4) is 11.9 Å². The largest absolute Gasteiger partial charge is 0.493 e. The highest BCUT2D eigenvalue weighted by molar-refractivity contribution is 6.21. The smallest absolute Gasteiger partial charge is 0.271 e. The average Bonchev–Trinajstić information content (AvgIpc) is 2.96. The second-order valence-corrected chi connectivity index (χ2v) is 7.33. The lowest BCUT2D eigenvalue weighted by Gasteiger charge is -2.12.